The van der Waals surface area contributed by atoms with Crippen LogP contribution in [0.4, 0.5) is 5.69 Å². The van der Waals surface area contributed by atoms with E-state index in [4.69, 9.17) is 9.47 Å². The van der Waals surface area contributed by atoms with Gasteiger partial charge >= 0.3 is 0 Å². The molecule has 0 bridgehead atoms. The van der Waals surface area contributed by atoms with E-state index in [1.807, 2.05) is 0 Å². The molecular weight excluding hydrogens is 292 g/mol. The maximum absolute atomic E-state index is 12.1. The smallest absolute Gasteiger partial charge is 0.286 e. The second-order valence-electron chi connectivity index (χ2n) is 4.30. The molecule has 112 valence electrons. The number of nitrogens with one attached hydrogen (secondary N) is 2. The number of carbonyl (C=O) groups is 1. The van der Waals surface area contributed by atoms with E-state index in [2.05, 4.69) is 15.5 Å². The third-order valence-electron chi connectivity index (χ3n) is 2.92. The Morgan fingerprint density at radius 3 is 2.86 bits per heavy atom. The summed E-state index contributed by atoms with van der Waals surface area (Å²) in [6, 6.07) is 5.94. The summed E-state index contributed by atoms with van der Waals surface area (Å²) in [7, 11) is 0. The summed E-state index contributed by atoms with van der Waals surface area (Å²) in [5.74, 6) is -0.199. The molecule has 1 aliphatic rings. The molecule has 9 heteroatoms. The van der Waals surface area contributed by atoms with Crippen LogP contribution in [0.1, 0.15) is 16.1 Å². The van der Waals surface area contributed by atoms with E-state index >= 15 is 0 Å². The number of amides is 1. The maximum Gasteiger partial charge on any atom is 0.286 e. The van der Waals surface area contributed by atoms with Crippen LogP contribution in [0.15, 0.2) is 35.6 Å². The van der Waals surface area contributed by atoms with E-state index in [9.17, 15) is 14.9 Å². The van der Waals surface area contributed by atoms with Gasteiger partial charge in [0.1, 0.15) is 5.56 Å². The molecule has 1 aromatic heterocycles. The molecule has 3 rings (SSSR count). The molecule has 2 aromatic rings. The minimum atomic E-state index is -0.715. The van der Waals surface area contributed by atoms with Crippen molar-refractivity contribution in [1.82, 2.24) is 10.4 Å². The Labute approximate surface area is 123 Å². The average Bonchev–Trinajstić information content (AvgIpc) is 3.16. The molecule has 1 aromatic carbocycles. The molecule has 1 amide bonds. The van der Waals surface area contributed by atoms with Gasteiger partial charge in [-0.3, -0.25) is 14.9 Å². The molecule has 0 fully saturated rings. The Balaban J connectivity index is 1.83. The van der Waals surface area contributed by atoms with Crippen LogP contribution in [-0.4, -0.2) is 28.8 Å². The fraction of sp³-hybridized carbons (Fsp3) is 0.0769. The average molecular weight is 302 g/mol. The molecule has 1 aliphatic heterocycles. The van der Waals surface area contributed by atoms with Gasteiger partial charge in [0.2, 0.25) is 6.79 Å². The Kier molecular flexibility index (Phi) is 3.44. The van der Waals surface area contributed by atoms with Crippen LogP contribution < -0.4 is 14.9 Å². The number of nitrogens with zero attached hydrogens (tertiary/aromatic N) is 2. The Hall–Kier alpha value is -3.36. The fourth-order valence-electron chi connectivity index (χ4n) is 1.91. The number of rotatable bonds is 4. The van der Waals surface area contributed by atoms with Crippen molar-refractivity contribution in [3.05, 3.63) is 51.8 Å². The molecule has 2 heterocycles. The molecule has 0 saturated carbocycles. The lowest BCUT2D eigenvalue weighted by molar-refractivity contribution is -0.385. The topological polar surface area (TPSA) is 119 Å². The standard InChI is InChI=1S/C13H10N4O5/c18-13(16-15-6-8-2-1-3-14-8)9-4-11-12(22-7-21-11)5-10(9)17(19)20/h1-6,14H,7H2,(H,16,18)/b15-6+. The SMILES string of the molecule is O=C(N/N=C/c1ccc[nH]1)c1cc2c(cc1[N+](=O)[O-])OCO2. The van der Waals surface area contributed by atoms with Crippen LogP contribution in [-0.2, 0) is 0 Å². The fourth-order valence-corrected chi connectivity index (χ4v) is 1.91. The van der Waals surface area contributed by atoms with Gasteiger partial charge in [-0.1, -0.05) is 0 Å². The van der Waals surface area contributed by atoms with Crippen molar-refractivity contribution < 1.29 is 19.2 Å². The Morgan fingerprint density at radius 1 is 1.41 bits per heavy atom. The summed E-state index contributed by atoms with van der Waals surface area (Å²) in [5.41, 5.74) is 2.38. The van der Waals surface area contributed by atoms with Crippen LogP contribution in [0.5, 0.6) is 11.5 Å². The summed E-state index contributed by atoms with van der Waals surface area (Å²) in [5, 5.41) is 14.8. The van der Waals surface area contributed by atoms with Gasteiger partial charge in [-0.25, -0.2) is 5.43 Å². The second kappa shape index (κ2) is 5.56. The van der Waals surface area contributed by atoms with Gasteiger partial charge in [0, 0.05) is 12.3 Å². The Bertz CT molecular complexity index is 754. The van der Waals surface area contributed by atoms with Crippen molar-refractivity contribution in [3.8, 4) is 11.5 Å². The first-order valence-electron chi connectivity index (χ1n) is 6.20. The van der Waals surface area contributed by atoms with Crippen LogP contribution >= 0.6 is 0 Å². The van der Waals surface area contributed by atoms with E-state index < -0.39 is 10.8 Å². The van der Waals surface area contributed by atoms with Gasteiger partial charge in [-0.05, 0) is 12.1 Å². The van der Waals surface area contributed by atoms with E-state index in [1.54, 1.807) is 18.3 Å². The zero-order valence-electron chi connectivity index (χ0n) is 11.1. The molecule has 22 heavy (non-hydrogen) atoms. The van der Waals surface area contributed by atoms with Gasteiger partial charge < -0.3 is 14.5 Å². The van der Waals surface area contributed by atoms with Gasteiger partial charge in [-0.2, -0.15) is 5.10 Å². The largest absolute Gasteiger partial charge is 0.454 e. The van der Waals surface area contributed by atoms with E-state index in [0.29, 0.717) is 5.69 Å². The van der Waals surface area contributed by atoms with Crippen LogP contribution in [0, 0.1) is 10.1 Å². The predicted molar refractivity (Wildman–Crippen MR) is 75.1 cm³/mol. The lowest BCUT2D eigenvalue weighted by Crippen LogP contribution is -2.19. The number of fused-ring (bicyclic) bond motifs is 1. The van der Waals surface area contributed by atoms with Gasteiger partial charge in [0.05, 0.1) is 22.9 Å². The number of ether oxygens (including phenoxy) is 2. The molecule has 0 atom stereocenters. The summed E-state index contributed by atoms with van der Waals surface area (Å²) in [4.78, 5) is 25.3. The van der Waals surface area contributed by atoms with Gasteiger partial charge in [0.25, 0.3) is 11.6 Å². The summed E-state index contributed by atoms with van der Waals surface area (Å²) in [6.45, 7) is -0.0391. The number of carbonyl (C=O) groups excluding carboxylic acids is 1. The second-order valence-corrected chi connectivity index (χ2v) is 4.30. The Morgan fingerprint density at radius 2 is 2.18 bits per heavy atom. The van der Waals surface area contributed by atoms with Crippen molar-refractivity contribution in [2.24, 2.45) is 5.10 Å². The van der Waals surface area contributed by atoms with Crippen molar-refractivity contribution >= 4 is 17.8 Å². The van der Waals surface area contributed by atoms with E-state index in [0.717, 1.165) is 6.07 Å². The van der Waals surface area contributed by atoms with Crippen LogP contribution in [0.3, 0.4) is 0 Å². The number of nitro groups is 1. The molecule has 0 saturated heterocycles. The monoisotopic (exact) mass is 302 g/mol. The van der Waals surface area contributed by atoms with Gasteiger partial charge in [0.15, 0.2) is 11.5 Å². The highest BCUT2D eigenvalue weighted by Gasteiger charge is 2.27. The highest BCUT2D eigenvalue weighted by atomic mass is 16.7. The zero-order valence-corrected chi connectivity index (χ0v) is 11.1. The molecule has 0 radical (unpaired) electrons. The quantitative estimate of drug-likeness (QED) is 0.503. The minimum absolute atomic E-state index is 0.0391. The number of hydrogen-bond acceptors (Lipinski definition) is 6. The molecule has 0 spiro atoms. The first kappa shape index (κ1) is 13.6. The number of nitro benzene ring substituents is 1. The van der Waals surface area contributed by atoms with Crippen molar-refractivity contribution in [1.29, 1.82) is 0 Å². The molecular formula is C13H10N4O5. The van der Waals surface area contributed by atoms with Gasteiger partial charge in [-0.15, -0.1) is 0 Å². The van der Waals surface area contributed by atoms with Crippen molar-refractivity contribution in [3.63, 3.8) is 0 Å². The first-order valence-corrected chi connectivity index (χ1v) is 6.20. The summed E-state index contributed by atoms with van der Waals surface area (Å²) < 4.78 is 10.2. The highest BCUT2D eigenvalue weighted by molar-refractivity contribution is 5.99. The third kappa shape index (κ3) is 2.59. The minimum Gasteiger partial charge on any atom is -0.454 e. The molecule has 0 unspecified atom stereocenters. The first-order chi connectivity index (χ1) is 10.6. The zero-order chi connectivity index (χ0) is 15.5. The van der Waals surface area contributed by atoms with E-state index in [1.165, 1.54) is 12.3 Å². The molecule has 0 aliphatic carbocycles. The number of hydrazone groups is 1. The summed E-state index contributed by atoms with van der Waals surface area (Å²) >= 11 is 0. The number of benzene rings is 1. The van der Waals surface area contributed by atoms with Crippen LogP contribution in [0.25, 0.3) is 0 Å². The summed E-state index contributed by atoms with van der Waals surface area (Å²) in [6.07, 6.45) is 3.09. The lowest BCUT2D eigenvalue weighted by Gasteiger charge is -2.03. The molecule has 9 nitrogen and oxygen atoms in total. The lowest BCUT2D eigenvalue weighted by atomic mass is 10.1. The predicted octanol–water partition coefficient (Wildman–Crippen LogP) is 1.42. The van der Waals surface area contributed by atoms with Crippen molar-refractivity contribution in [2.45, 2.75) is 0 Å². The highest BCUT2D eigenvalue weighted by Crippen LogP contribution is 2.37. The van der Waals surface area contributed by atoms with E-state index in [-0.39, 0.29) is 29.5 Å². The maximum atomic E-state index is 12.1. The number of aromatic nitrogens is 1. The number of aromatic amines is 1. The third-order valence-corrected chi connectivity index (χ3v) is 2.92. The number of H-pyrrole nitrogens is 1. The number of hydrogen-bond donors (Lipinski definition) is 2. The van der Waals surface area contributed by atoms with Crippen LogP contribution in [0.2, 0.25) is 0 Å². The molecule has 2 N–H and O–H groups in total. The normalized spacial score (nSPS) is 12.5. The van der Waals surface area contributed by atoms with Crippen molar-refractivity contribution in [2.75, 3.05) is 6.79 Å².